The van der Waals surface area contributed by atoms with Crippen molar-refractivity contribution in [1.29, 1.82) is 0 Å². The van der Waals surface area contributed by atoms with E-state index >= 15 is 0 Å². The summed E-state index contributed by atoms with van der Waals surface area (Å²) in [6.07, 6.45) is 3.27. The Morgan fingerprint density at radius 1 is 1.30 bits per heavy atom. The molecule has 4 nitrogen and oxygen atoms in total. The molecule has 1 aromatic rings. The molecule has 1 aromatic carbocycles. The number of benzene rings is 1. The van der Waals surface area contributed by atoms with Crippen molar-refractivity contribution in [2.75, 3.05) is 40.4 Å². The molecule has 0 radical (unpaired) electrons. The Morgan fingerprint density at radius 2 is 2.00 bits per heavy atom. The zero-order chi connectivity index (χ0) is 15.8. The van der Waals surface area contributed by atoms with E-state index in [0.29, 0.717) is 5.92 Å². The van der Waals surface area contributed by atoms with E-state index in [4.69, 9.17) is 4.74 Å². The molecule has 5 heteroatoms. The first-order chi connectivity index (χ1) is 10.7. The van der Waals surface area contributed by atoms with Gasteiger partial charge in [0.15, 0.2) is 5.96 Å². The minimum absolute atomic E-state index is 0. The zero-order valence-electron chi connectivity index (χ0n) is 14.5. The van der Waals surface area contributed by atoms with Gasteiger partial charge in [-0.2, -0.15) is 0 Å². The molecule has 1 N–H and O–H groups in total. The lowest BCUT2D eigenvalue weighted by Gasteiger charge is -2.24. The van der Waals surface area contributed by atoms with Crippen molar-refractivity contribution < 1.29 is 4.74 Å². The number of rotatable bonds is 6. The van der Waals surface area contributed by atoms with E-state index in [1.165, 1.54) is 11.1 Å². The number of aryl methyl sites for hydroxylation is 1. The SMILES string of the molecule is CCc1ccc(CCNC(=NC)N(C)CC2CCOC2)cc1.I. The Kier molecular flexibility index (Phi) is 9.55. The molecule has 0 bridgehead atoms. The van der Waals surface area contributed by atoms with Gasteiger partial charge in [-0.25, -0.2) is 0 Å². The number of aliphatic imine (C=N–C) groups is 1. The topological polar surface area (TPSA) is 36.9 Å². The second-order valence-electron chi connectivity index (χ2n) is 6.00. The average Bonchev–Trinajstić information content (AvgIpc) is 3.05. The Morgan fingerprint density at radius 3 is 2.57 bits per heavy atom. The molecule has 1 atom stereocenters. The van der Waals surface area contributed by atoms with Crippen LogP contribution in [0.5, 0.6) is 0 Å². The van der Waals surface area contributed by atoms with Gasteiger partial charge in [0.1, 0.15) is 0 Å². The van der Waals surface area contributed by atoms with Crippen LogP contribution in [-0.2, 0) is 17.6 Å². The number of guanidine groups is 1. The molecule has 1 fully saturated rings. The van der Waals surface area contributed by atoms with Crippen molar-refractivity contribution in [3.05, 3.63) is 35.4 Å². The fraction of sp³-hybridized carbons (Fsp3) is 0.611. The Balaban J connectivity index is 0.00000264. The predicted molar refractivity (Wildman–Crippen MR) is 108 cm³/mol. The van der Waals surface area contributed by atoms with Crippen molar-refractivity contribution in [3.63, 3.8) is 0 Å². The average molecular weight is 431 g/mol. The second kappa shape index (κ2) is 10.9. The van der Waals surface area contributed by atoms with E-state index in [1.54, 1.807) is 0 Å². The maximum atomic E-state index is 5.44. The van der Waals surface area contributed by atoms with Crippen LogP contribution in [0, 0.1) is 5.92 Å². The fourth-order valence-electron chi connectivity index (χ4n) is 2.85. The molecule has 0 saturated carbocycles. The quantitative estimate of drug-likeness (QED) is 0.428. The van der Waals surface area contributed by atoms with Gasteiger partial charge in [-0.1, -0.05) is 31.2 Å². The first kappa shape index (κ1) is 20.2. The third kappa shape index (κ3) is 6.67. The van der Waals surface area contributed by atoms with Gasteiger partial charge in [-0.05, 0) is 30.4 Å². The van der Waals surface area contributed by atoms with Crippen LogP contribution < -0.4 is 5.32 Å². The number of hydrogen-bond donors (Lipinski definition) is 1. The molecule has 1 heterocycles. The standard InChI is InChI=1S/C18H29N3O.HI/c1-4-15-5-7-16(8-6-15)9-11-20-18(19-2)21(3)13-17-10-12-22-14-17;/h5-8,17H,4,9-14H2,1-3H3,(H,19,20);1H. The lowest BCUT2D eigenvalue weighted by Crippen LogP contribution is -2.42. The van der Waals surface area contributed by atoms with E-state index in [1.807, 2.05) is 7.05 Å². The van der Waals surface area contributed by atoms with Gasteiger partial charge in [0, 0.05) is 39.7 Å². The van der Waals surface area contributed by atoms with E-state index in [-0.39, 0.29) is 24.0 Å². The largest absolute Gasteiger partial charge is 0.381 e. The summed E-state index contributed by atoms with van der Waals surface area (Å²) in [5.74, 6) is 1.60. The van der Waals surface area contributed by atoms with E-state index in [9.17, 15) is 0 Å². The molecular formula is C18H30IN3O. The van der Waals surface area contributed by atoms with Gasteiger partial charge in [0.2, 0.25) is 0 Å². The van der Waals surface area contributed by atoms with Gasteiger partial charge >= 0.3 is 0 Å². The Bertz CT molecular complexity index is 470. The Labute approximate surface area is 157 Å². The molecule has 0 amide bonds. The molecule has 1 unspecified atom stereocenters. The van der Waals surface area contributed by atoms with Crippen LogP contribution in [0.25, 0.3) is 0 Å². The molecule has 130 valence electrons. The highest BCUT2D eigenvalue weighted by atomic mass is 127. The minimum Gasteiger partial charge on any atom is -0.381 e. The third-order valence-corrected chi connectivity index (χ3v) is 4.26. The van der Waals surface area contributed by atoms with Crippen LogP contribution in [0.4, 0.5) is 0 Å². The minimum atomic E-state index is 0. The van der Waals surface area contributed by atoms with Gasteiger partial charge in [-0.3, -0.25) is 4.99 Å². The van der Waals surface area contributed by atoms with E-state index in [2.05, 4.69) is 53.4 Å². The van der Waals surface area contributed by atoms with Gasteiger partial charge in [0.25, 0.3) is 0 Å². The maximum Gasteiger partial charge on any atom is 0.193 e. The van der Waals surface area contributed by atoms with Crippen LogP contribution in [0.2, 0.25) is 0 Å². The highest BCUT2D eigenvalue weighted by Gasteiger charge is 2.18. The molecule has 0 spiro atoms. The van der Waals surface area contributed by atoms with Gasteiger partial charge in [-0.15, -0.1) is 24.0 Å². The van der Waals surface area contributed by atoms with E-state index in [0.717, 1.165) is 51.5 Å². The fourth-order valence-corrected chi connectivity index (χ4v) is 2.85. The van der Waals surface area contributed by atoms with Crippen molar-refractivity contribution in [3.8, 4) is 0 Å². The van der Waals surface area contributed by atoms with Crippen LogP contribution >= 0.6 is 24.0 Å². The molecule has 2 rings (SSSR count). The maximum absolute atomic E-state index is 5.44. The molecule has 1 aliphatic rings. The molecule has 0 aromatic heterocycles. The number of hydrogen-bond acceptors (Lipinski definition) is 2. The summed E-state index contributed by atoms with van der Waals surface area (Å²) in [7, 11) is 3.95. The number of halogens is 1. The number of ether oxygens (including phenoxy) is 1. The molecule has 1 aliphatic heterocycles. The van der Waals surface area contributed by atoms with Gasteiger partial charge < -0.3 is 15.0 Å². The summed E-state index contributed by atoms with van der Waals surface area (Å²) in [5, 5.41) is 3.46. The van der Waals surface area contributed by atoms with E-state index < -0.39 is 0 Å². The van der Waals surface area contributed by atoms with Crippen molar-refractivity contribution in [2.24, 2.45) is 10.9 Å². The van der Waals surface area contributed by atoms with Crippen molar-refractivity contribution >= 4 is 29.9 Å². The Hall–Kier alpha value is -0.820. The summed E-state index contributed by atoms with van der Waals surface area (Å²) in [6.45, 7) is 5.88. The zero-order valence-corrected chi connectivity index (χ0v) is 16.9. The smallest absolute Gasteiger partial charge is 0.193 e. The number of nitrogens with zero attached hydrogens (tertiary/aromatic N) is 2. The monoisotopic (exact) mass is 431 g/mol. The summed E-state index contributed by atoms with van der Waals surface area (Å²) >= 11 is 0. The lowest BCUT2D eigenvalue weighted by molar-refractivity contribution is 0.181. The van der Waals surface area contributed by atoms with Gasteiger partial charge in [0.05, 0.1) is 6.61 Å². The van der Waals surface area contributed by atoms with Crippen LogP contribution in [-0.4, -0.2) is 51.3 Å². The van der Waals surface area contributed by atoms with Crippen molar-refractivity contribution in [1.82, 2.24) is 10.2 Å². The molecule has 23 heavy (non-hydrogen) atoms. The summed E-state index contributed by atoms with van der Waals surface area (Å²) in [4.78, 5) is 6.59. The second-order valence-corrected chi connectivity index (χ2v) is 6.00. The van der Waals surface area contributed by atoms with Crippen LogP contribution in [0.1, 0.15) is 24.5 Å². The normalized spacial score (nSPS) is 17.7. The summed E-state index contributed by atoms with van der Waals surface area (Å²) in [6, 6.07) is 8.89. The first-order valence-electron chi connectivity index (χ1n) is 8.30. The molecule has 0 aliphatic carbocycles. The summed E-state index contributed by atoms with van der Waals surface area (Å²) < 4.78 is 5.44. The van der Waals surface area contributed by atoms with Crippen LogP contribution in [0.3, 0.4) is 0 Å². The highest BCUT2D eigenvalue weighted by Crippen LogP contribution is 2.13. The lowest BCUT2D eigenvalue weighted by atomic mass is 10.1. The number of nitrogens with one attached hydrogen (secondary N) is 1. The first-order valence-corrected chi connectivity index (χ1v) is 8.30. The molecular weight excluding hydrogens is 401 g/mol. The van der Waals surface area contributed by atoms with Crippen molar-refractivity contribution in [2.45, 2.75) is 26.2 Å². The molecule has 1 saturated heterocycles. The predicted octanol–water partition coefficient (Wildman–Crippen LogP) is 2.95. The highest BCUT2D eigenvalue weighted by molar-refractivity contribution is 14.0. The summed E-state index contributed by atoms with van der Waals surface area (Å²) in [5.41, 5.74) is 2.76. The van der Waals surface area contributed by atoms with Crippen LogP contribution in [0.15, 0.2) is 29.3 Å². The third-order valence-electron chi connectivity index (χ3n) is 4.26.